The van der Waals surface area contributed by atoms with E-state index in [1.807, 2.05) is 0 Å². The van der Waals surface area contributed by atoms with Gasteiger partial charge in [0.05, 0.1) is 25.4 Å². The van der Waals surface area contributed by atoms with Crippen molar-refractivity contribution in [3.05, 3.63) is 24.3 Å². The molecule has 366 valence electrons. The Balaban J connectivity index is 3.48. The van der Waals surface area contributed by atoms with Crippen molar-refractivity contribution in [1.82, 2.24) is 5.32 Å². The van der Waals surface area contributed by atoms with Crippen molar-refractivity contribution >= 4 is 11.9 Å². The molecule has 0 aromatic rings. The number of aliphatic hydroxyl groups excluding tert-OH is 2. The second kappa shape index (κ2) is 52.0. The van der Waals surface area contributed by atoms with E-state index in [1.165, 1.54) is 193 Å². The number of nitrogens with one attached hydrogen (secondary N) is 1. The lowest BCUT2D eigenvalue weighted by molar-refractivity contribution is -0.143. The first-order chi connectivity index (χ1) is 30.5. The molecule has 0 aliphatic heterocycles. The van der Waals surface area contributed by atoms with Crippen LogP contribution in [0.4, 0.5) is 0 Å². The van der Waals surface area contributed by atoms with E-state index in [4.69, 9.17) is 4.74 Å². The monoisotopic (exact) mass is 874 g/mol. The van der Waals surface area contributed by atoms with Crippen LogP contribution in [0.2, 0.25) is 0 Å². The van der Waals surface area contributed by atoms with Crippen LogP contribution in [0.15, 0.2) is 24.3 Å². The average molecular weight is 874 g/mol. The van der Waals surface area contributed by atoms with Gasteiger partial charge in [0, 0.05) is 12.8 Å². The van der Waals surface area contributed by atoms with Gasteiger partial charge in [0.1, 0.15) is 0 Å². The van der Waals surface area contributed by atoms with Gasteiger partial charge < -0.3 is 20.3 Å². The van der Waals surface area contributed by atoms with E-state index < -0.39 is 12.1 Å². The van der Waals surface area contributed by atoms with Crippen LogP contribution in [-0.4, -0.2) is 47.4 Å². The van der Waals surface area contributed by atoms with Crippen molar-refractivity contribution < 1.29 is 24.5 Å². The lowest BCUT2D eigenvalue weighted by Crippen LogP contribution is -2.45. The maximum absolute atomic E-state index is 12.5. The van der Waals surface area contributed by atoms with Crippen LogP contribution in [0.1, 0.15) is 296 Å². The summed E-state index contributed by atoms with van der Waals surface area (Å²) in [6, 6.07) is -0.548. The molecular formula is C56H107NO5. The van der Waals surface area contributed by atoms with Gasteiger partial charge in [0.2, 0.25) is 5.91 Å². The van der Waals surface area contributed by atoms with Crippen molar-refractivity contribution in [2.75, 3.05) is 13.2 Å². The largest absolute Gasteiger partial charge is 0.466 e. The third-order valence-corrected chi connectivity index (χ3v) is 12.8. The van der Waals surface area contributed by atoms with Gasteiger partial charge in [-0.05, 0) is 57.8 Å². The Morgan fingerprint density at radius 3 is 1.19 bits per heavy atom. The predicted octanol–water partition coefficient (Wildman–Crippen LogP) is 16.7. The third kappa shape index (κ3) is 47.8. The second-order valence-electron chi connectivity index (χ2n) is 18.9. The highest BCUT2D eigenvalue weighted by atomic mass is 16.5. The Kier molecular flexibility index (Phi) is 50.6. The van der Waals surface area contributed by atoms with Crippen LogP contribution >= 0.6 is 0 Å². The standard InChI is InChI=1S/C56H107NO5/c1-3-5-7-9-11-13-15-17-25-28-32-36-40-44-48-54(59)53(52-58)57-55(60)49-45-41-37-33-29-26-23-21-19-18-20-22-24-27-31-35-39-43-47-51-62-56(61)50-46-42-38-34-30-16-14-12-10-8-6-4-2/h22,24,27,31,53-54,58-59H,3-21,23,25-26,28-30,32-52H2,1-2H3,(H,57,60)/b24-22-,31-27-. The molecular weight excluding hydrogens is 767 g/mol. The van der Waals surface area contributed by atoms with Gasteiger partial charge in [-0.15, -0.1) is 0 Å². The molecule has 2 unspecified atom stereocenters. The zero-order valence-electron chi connectivity index (χ0n) is 41.6. The Hall–Kier alpha value is -1.66. The van der Waals surface area contributed by atoms with Gasteiger partial charge in [-0.2, -0.15) is 0 Å². The summed E-state index contributed by atoms with van der Waals surface area (Å²) in [6.45, 7) is 4.91. The minimum atomic E-state index is -0.670. The summed E-state index contributed by atoms with van der Waals surface area (Å²) < 4.78 is 5.44. The summed E-state index contributed by atoms with van der Waals surface area (Å²) in [7, 11) is 0. The number of hydrogen-bond donors (Lipinski definition) is 3. The number of carbonyl (C=O) groups is 2. The van der Waals surface area contributed by atoms with E-state index in [0.717, 1.165) is 70.6 Å². The molecule has 62 heavy (non-hydrogen) atoms. The van der Waals surface area contributed by atoms with Crippen LogP contribution in [0.25, 0.3) is 0 Å². The fourth-order valence-corrected chi connectivity index (χ4v) is 8.51. The van der Waals surface area contributed by atoms with Gasteiger partial charge in [0.15, 0.2) is 0 Å². The normalized spacial score (nSPS) is 12.8. The summed E-state index contributed by atoms with van der Waals surface area (Å²) in [5, 5.41) is 23.2. The minimum absolute atomic E-state index is 0.0127. The van der Waals surface area contributed by atoms with Gasteiger partial charge in [-0.25, -0.2) is 0 Å². The first-order valence-electron chi connectivity index (χ1n) is 27.6. The molecule has 0 saturated carbocycles. The quantitative estimate of drug-likeness (QED) is 0.0321. The van der Waals surface area contributed by atoms with E-state index in [2.05, 4.69) is 43.5 Å². The number of rotatable bonds is 51. The first kappa shape index (κ1) is 60.3. The molecule has 0 aromatic carbocycles. The molecule has 0 aromatic heterocycles. The fraction of sp³-hybridized carbons (Fsp3) is 0.893. The van der Waals surface area contributed by atoms with Crippen LogP contribution in [0, 0.1) is 0 Å². The molecule has 3 N–H and O–H groups in total. The van der Waals surface area contributed by atoms with Crippen molar-refractivity contribution in [2.24, 2.45) is 0 Å². The highest BCUT2D eigenvalue weighted by Crippen LogP contribution is 2.17. The zero-order valence-corrected chi connectivity index (χ0v) is 41.6. The Bertz CT molecular complexity index is 966. The van der Waals surface area contributed by atoms with Crippen molar-refractivity contribution in [3.8, 4) is 0 Å². The highest BCUT2D eigenvalue weighted by Gasteiger charge is 2.20. The van der Waals surface area contributed by atoms with E-state index in [1.54, 1.807) is 0 Å². The fourth-order valence-electron chi connectivity index (χ4n) is 8.51. The molecule has 2 atom stereocenters. The molecule has 0 aliphatic rings. The molecule has 0 aliphatic carbocycles. The molecule has 0 fully saturated rings. The molecule has 0 rings (SSSR count). The van der Waals surface area contributed by atoms with E-state index in [9.17, 15) is 19.8 Å². The van der Waals surface area contributed by atoms with Gasteiger partial charge >= 0.3 is 5.97 Å². The third-order valence-electron chi connectivity index (χ3n) is 12.8. The van der Waals surface area contributed by atoms with Crippen LogP contribution in [-0.2, 0) is 14.3 Å². The van der Waals surface area contributed by atoms with Crippen LogP contribution < -0.4 is 5.32 Å². The Labute approximate surface area is 386 Å². The Morgan fingerprint density at radius 2 is 0.790 bits per heavy atom. The molecule has 0 heterocycles. The maximum Gasteiger partial charge on any atom is 0.305 e. The van der Waals surface area contributed by atoms with Crippen molar-refractivity contribution in [2.45, 2.75) is 309 Å². The van der Waals surface area contributed by atoms with Crippen molar-refractivity contribution in [3.63, 3.8) is 0 Å². The Morgan fingerprint density at radius 1 is 0.452 bits per heavy atom. The minimum Gasteiger partial charge on any atom is -0.466 e. The number of hydrogen-bond acceptors (Lipinski definition) is 5. The number of unbranched alkanes of at least 4 members (excludes halogenated alkanes) is 37. The maximum atomic E-state index is 12.5. The molecule has 0 bridgehead atoms. The summed E-state index contributed by atoms with van der Waals surface area (Å²) in [5.41, 5.74) is 0. The predicted molar refractivity (Wildman–Crippen MR) is 269 cm³/mol. The number of amides is 1. The van der Waals surface area contributed by atoms with Crippen LogP contribution in [0.5, 0.6) is 0 Å². The van der Waals surface area contributed by atoms with Gasteiger partial charge in [-0.3, -0.25) is 9.59 Å². The summed E-state index contributed by atoms with van der Waals surface area (Å²) in [5.74, 6) is -0.0568. The molecule has 0 radical (unpaired) electrons. The number of esters is 1. The number of carbonyl (C=O) groups excluding carboxylic acids is 2. The summed E-state index contributed by atoms with van der Waals surface area (Å²) in [6.07, 6.45) is 61.6. The first-order valence-corrected chi connectivity index (χ1v) is 27.6. The molecule has 1 amide bonds. The van der Waals surface area contributed by atoms with Crippen LogP contribution in [0.3, 0.4) is 0 Å². The second-order valence-corrected chi connectivity index (χ2v) is 18.9. The molecule has 0 spiro atoms. The number of aliphatic hydroxyl groups is 2. The van der Waals surface area contributed by atoms with Gasteiger partial charge in [0.25, 0.3) is 0 Å². The molecule has 6 heteroatoms. The van der Waals surface area contributed by atoms with Gasteiger partial charge in [-0.1, -0.05) is 250 Å². The zero-order chi connectivity index (χ0) is 45.1. The number of ether oxygens (including phenoxy) is 1. The van der Waals surface area contributed by atoms with E-state index >= 15 is 0 Å². The van der Waals surface area contributed by atoms with E-state index in [0.29, 0.717) is 25.9 Å². The van der Waals surface area contributed by atoms with E-state index in [-0.39, 0.29) is 18.5 Å². The summed E-state index contributed by atoms with van der Waals surface area (Å²) >= 11 is 0. The lowest BCUT2D eigenvalue weighted by atomic mass is 10.0. The summed E-state index contributed by atoms with van der Waals surface area (Å²) in [4.78, 5) is 24.4. The average Bonchev–Trinajstić information content (AvgIpc) is 3.27. The lowest BCUT2D eigenvalue weighted by Gasteiger charge is -2.22. The smallest absolute Gasteiger partial charge is 0.305 e. The SMILES string of the molecule is CCCCCCCCCCCCCCCCC(O)C(CO)NC(=O)CCCCCCCCCCCC/C=C\C=C/CCCCCOC(=O)CCCCCCCCCCCCCC. The number of allylic oxidation sites excluding steroid dienone is 4. The molecule has 0 saturated heterocycles. The molecule has 6 nitrogen and oxygen atoms in total. The topological polar surface area (TPSA) is 95.9 Å². The van der Waals surface area contributed by atoms with Crippen molar-refractivity contribution in [1.29, 1.82) is 0 Å². The highest BCUT2D eigenvalue weighted by molar-refractivity contribution is 5.76.